The van der Waals surface area contributed by atoms with E-state index in [1.165, 1.54) is 38.1 Å². The summed E-state index contributed by atoms with van der Waals surface area (Å²) >= 11 is 1.45. The number of hydrogen-bond acceptors (Lipinski definition) is 8. The van der Waals surface area contributed by atoms with Crippen molar-refractivity contribution in [2.75, 3.05) is 12.0 Å². The molecule has 5 atom stereocenters. The lowest BCUT2D eigenvalue weighted by Crippen LogP contribution is -2.57. The lowest BCUT2D eigenvalue weighted by molar-refractivity contribution is -0.142. The summed E-state index contributed by atoms with van der Waals surface area (Å²) in [6.07, 6.45) is 3.84. The van der Waals surface area contributed by atoms with Crippen molar-refractivity contribution in [3.8, 4) is 0 Å². The van der Waals surface area contributed by atoms with Crippen molar-refractivity contribution in [2.24, 2.45) is 5.73 Å². The number of aliphatic hydroxyl groups excluding tert-OH is 1. The smallest absolute Gasteiger partial charge is 0.326 e. The van der Waals surface area contributed by atoms with Crippen molar-refractivity contribution in [1.82, 2.24) is 25.9 Å². The van der Waals surface area contributed by atoms with Crippen LogP contribution < -0.4 is 21.7 Å². The van der Waals surface area contributed by atoms with Crippen molar-refractivity contribution >= 4 is 35.5 Å². The van der Waals surface area contributed by atoms with Gasteiger partial charge in [-0.05, 0) is 32.3 Å². The van der Waals surface area contributed by atoms with Crippen LogP contribution in [-0.4, -0.2) is 86.2 Å². The van der Waals surface area contributed by atoms with Gasteiger partial charge in [0.2, 0.25) is 17.7 Å². The number of hydrogen-bond donors (Lipinski definition) is 7. The van der Waals surface area contributed by atoms with Crippen molar-refractivity contribution < 1.29 is 29.4 Å². The molecule has 12 nitrogen and oxygen atoms in total. The number of aliphatic carboxylic acids is 1. The van der Waals surface area contributed by atoms with Crippen LogP contribution in [0.4, 0.5) is 0 Å². The van der Waals surface area contributed by atoms with Crippen LogP contribution in [0, 0.1) is 0 Å². The third-order valence-electron chi connectivity index (χ3n) is 4.41. The maximum Gasteiger partial charge on any atom is 0.326 e. The Balaban J connectivity index is 2.87. The summed E-state index contributed by atoms with van der Waals surface area (Å²) in [5.41, 5.74) is 6.09. The van der Waals surface area contributed by atoms with Crippen molar-refractivity contribution in [3.05, 3.63) is 18.2 Å². The summed E-state index contributed by atoms with van der Waals surface area (Å²) in [5.74, 6) is -2.74. The van der Waals surface area contributed by atoms with Gasteiger partial charge in [0.15, 0.2) is 0 Å². The maximum absolute atomic E-state index is 12.8. The van der Waals surface area contributed by atoms with Gasteiger partial charge in [-0.3, -0.25) is 14.4 Å². The molecule has 0 radical (unpaired) electrons. The molecular formula is C18H30N6O6S. The first-order chi connectivity index (χ1) is 14.6. The van der Waals surface area contributed by atoms with E-state index in [1.54, 1.807) is 0 Å². The predicted molar refractivity (Wildman–Crippen MR) is 114 cm³/mol. The fraction of sp³-hybridized carbons (Fsp3) is 0.611. The number of nitrogens with zero attached hydrogens (tertiary/aromatic N) is 1. The number of aromatic nitrogens is 2. The standard InChI is InChI=1S/C18H30N6O6S/c1-9(22-17(28)14(19)10(2)25)15(26)24-13(6-11-7-20-8-21-11)16(27)23-12(18(29)30)4-5-31-3/h7-10,12-14,25H,4-6,19H2,1-3H3,(H,20,21)(H,22,28)(H,23,27)(H,24,26)(H,29,30). The van der Waals surface area contributed by atoms with E-state index < -0.39 is 54.0 Å². The van der Waals surface area contributed by atoms with Gasteiger partial charge < -0.3 is 36.9 Å². The Labute approximate surface area is 184 Å². The molecule has 1 aromatic rings. The molecule has 1 rings (SSSR count). The highest BCUT2D eigenvalue weighted by Gasteiger charge is 2.29. The number of carbonyl (C=O) groups excluding carboxylic acids is 3. The molecule has 0 fully saturated rings. The number of rotatable bonds is 13. The Kier molecular flexibility index (Phi) is 11.0. The molecule has 0 aliphatic carbocycles. The monoisotopic (exact) mass is 458 g/mol. The highest BCUT2D eigenvalue weighted by Crippen LogP contribution is 2.04. The van der Waals surface area contributed by atoms with Crippen LogP contribution >= 0.6 is 11.8 Å². The normalized spacial score (nSPS) is 15.8. The van der Waals surface area contributed by atoms with Gasteiger partial charge in [-0.2, -0.15) is 11.8 Å². The van der Waals surface area contributed by atoms with Gasteiger partial charge in [0.05, 0.1) is 12.4 Å². The summed E-state index contributed by atoms with van der Waals surface area (Å²) in [7, 11) is 0. The SMILES string of the molecule is CSCCC(NC(=O)C(Cc1cnc[nH]1)NC(=O)C(C)NC(=O)C(N)C(C)O)C(=O)O. The fourth-order valence-corrected chi connectivity index (χ4v) is 2.95. The van der Waals surface area contributed by atoms with E-state index in [9.17, 15) is 29.4 Å². The topological polar surface area (TPSA) is 200 Å². The molecule has 3 amide bonds. The highest BCUT2D eigenvalue weighted by atomic mass is 32.2. The Hall–Kier alpha value is -2.64. The summed E-state index contributed by atoms with van der Waals surface area (Å²) < 4.78 is 0. The number of carbonyl (C=O) groups is 4. The molecule has 0 aromatic carbocycles. The Morgan fingerprint density at radius 1 is 1.13 bits per heavy atom. The van der Waals surface area contributed by atoms with Gasteiger partial charge in [0, 0.05) is 18.3 Å². The number of nitrogens with one attached hydrogen (secondary N) is 4. The molecule has 31 heavy (non-hydrogen) atoms. The molecule has 0 aliphatic heterocycles. The fourth-order valence-electron chi connectivity index (χ4n) is 2.48. The molecule has 5 unspecified atom stereocenters. The first kappa shape index (κ1) is 26.4. The molecule has 13 heteroatoms. The van der Waals surface area contributed by atoms with E-state index in [4.69, 9.17) is 5.73 Å². The van der Waals surface area contributed by atoms with Gasteiger partial charge in [-0.1, -0.05) is 0 Å². The van der Waals surface area contributed by atoms with E-state index in [0.717, 1.165) is 0 Å². The van der Waals surface area contributed by atoms with E-state index in [0.29, 0.717) is 11.4 Å². The molecule has 0 bridgehead atoms. The van der Waals surface area contributed by atoms with Crippen LogP contribution in [0.15, 0.2) is 12.5 Å². The number of amides is 3. The second kappa shape index (κ2) is 12.9. The molecule has 0 spiro atoms. The zero-order valence-corrected chi connectivity index (χ0v) is 18.4. The second-order valence-electron chi connectivity index (χ2n) is 7.02. The van der Waals surface area contributed by atoms with Crippen molar-refractivity contribution in [2.45, 2.75) is 57.0 Å². The second-order valence-corrected chi connectivity index (χ2v) is 8.01. The minimum Gasteiger partial charge on any atom is -0.480 e. The number of imidazole rings is 1. The molecule has 1 aromatic heterocycles. The van der Waals surface area contributed by atoms with Crippen LogP contribution in [0.1, 0.15) is 26.0 Å². The molecule has 0 aliphatic rings. The third kappa shape index (κ3) is 8.94. The number of aliphatic hydroxyl groups is 1. The van der Waals surface area contributed by atoms with Gasteiger partial charge in [0.1, 0.15) is 24.2 Å². The van der Waals surface area contributed by atoms with Crippen LogP contribution in [0.2, 0.25) is 0 Å². The van der Waals surface area contributed by atoms with Crippen LogP contribution in [-0.2, 0) is 25.6 Å². The number of H-pyrrole nitrogens is 1. The number of nitrogens with two attached hydrogens (primary N) is 1. The van der Waals surface area contributed by atoms with Crippen molar-refractivity contribution in [1.29, 1.82) is 0 Å². The molecule has 174 valence electrons. The van der Waals surface area contributed by atoms with Gasteiger partial charge in [0.25, 0.3) is 0 Å². The van der Waals surface area contributed by atoms with E-state index >= 15 is 0 Å². The summed E-state index contributed by atoms with van der Waals surface area (Å²) in [6, 6.07) is -4.50. The maximum atomic E-state index is 12.8. The molecular weight excluding hydrogens is 428 g/mol. The molecule has 0 saturated carbocycles. The van der Waals surface area contributed by atoms with E-state index in [1.807, 2.05) is 6.26 Å². The van der Waals surface area contributed by atoms with Crippen molar-refractivity contribution in [3.63, 3.8) is 0 Å². The largest absolute Gasteiger partial charge is 0.480 e. The Bertz CT molecular complexity index is 744. The van der Waals surface area contributed by atoms with E-state index in [2.05, 4.69) is 25.9 Å². The predicted octanol–water partition coefficient (Wildman–Crippen LogP) is -2.03. The Morgan fingerprint density at radius 3 is 2.29 bits per heavy atom. The summed E-state index contributed by atoms with van der Waals surface area (Å²) in [6.45, 7) is 2.74. The zero-order valence-electron chi connectivity index (χ0n) is 17.6. The first-order valence-corrected chi connectivity index (χ1v) is 11.0. The minimum absolute atomic E-state index is 0.0281. The quantitative estimate of drug-likeness (QED) is 0.174. The number of aromatic amines is 1. The first-order valence-electron chi connectivity index (χ1n) is 9.60. The summed E-state index contributed by atoms with van der Waals surface area (Å²) in [5, 5.41) is 26.1. The zero-order chi connectivity index (χ0) is 23.6. The molecule has 8 N–H and O–H groups in total. The highest BCUT2D eigenvalue weighted by molar-refractivity contribution is 7.98. The van der Waals surface area contributed by atoms with Gasteiger partial charge in [-0.25, -0.2) is 9.78 Å². The lowest BCUT2D eigenvalue weighted by atomic mass is 10.1. The van der Waals surface area contributed by atoms with Gasteiger partial charge >= 0.3 is 5.97 Å². The van der Waals surface area contributed by atoms with Gasteiger partial charge in [-0.15, -0.1) is 0 Å². The number of thioether (sulfide) groups is 1. The van der Waals surface area contributed by atoms with Crippen LogP contribution in [0.25, 0.3) is 0 Å². The Morgan fingerprint density at radius 2 is 1.77 bits per heavy atom. The van der Waals surface area contributed by atoms with Crippen LogP contribution in [0.3, 0.4) is 0 Å². The average molecular weight is 459 g/mol. The molecule has 1 heterocycles. The number of carboxylic acids is 1. The average Bonchev–Trinajstić information content (AvgIpc) is 3.22. The minimum atomic E-state index is -1.22. The van der Waals surface area contributed by atoms with E-state index in [-0.39, 0.29) is 12.8 Å². The lowest BCUT2D eigenvalue weighted by Gasteiger charge is -2.23. The summed E-state index contributed by atoms with van der Waals surface area (Å²) in [4.78, 5) is 55.4. The molecule has 0 saturated heterocycles. The third-order valence-corrected chi connectivity index (χ3v) is 5.06. The van der Waals surface area contributed by atoms with Crippen LogP contribution in [0.5, 0.6) is 0 Å². The number of carboxylic acid groups (broad SMARTS) is 1.